The van der Waals surface area contributed by atoms with Crippen LogP contribution in [0.3, 0.4) is 0 Å². The van der Waals surface area contributed by atoms with Gasteiger partial charge in [0, 0.05) is 37.0 Å². The maximum absolute atomic E-state index is 13.8. The number of hydrogen-bond donors (Lipinski definition) is 1. The van der Waals surface area contributed by atoms with E-state index in [0.717, 1.165) is 43.8 Å². The van der Waals surface area contributed by atoms with Gasteiger partial charge in [-0.3, -0.25) is 9.69 Å². The fourth-order valence-electron chi connectivity index (χ4n) is 6.55. The number of carbonyl (C=O) groups excluding carboxylic acids is 1. The van der Waals surface area contributed by atoms with Crippen molar-refractivity contribution in [1.29, 1.82) is 0 Å². The van der Waals surface area contributed by atoms with Crippen molar-refractivity contribution in [2.45, 2.75) is 57.1 Å². The van der Waals surface area contributed by atoms with E-state index in [4.69, 9.17) is 27.9 Å². The molecule has 1 saturated heterocycles. The summed E-state index contributed by atoms with van der Waals surface area (Å²) in [5, 5.41) is 12.6. The number of amides is 1. The molecule has 0 spiro atoms. The van der Waals surface area contributed by atoms with Gasteiger partial charge in [0.2, 0.25) is 5.91 Å². The van der Waals surface area contributed by atoms with Crippen LogP contribution in [0, 0.1) is 11.8 Å². The third-order valence-corrected chi connectivity index (χ3v) is 9.05. The third-order valence-electron chi connectivity index (χ3n) is 8.31. The van der Waals surface area contributed by atoms with E-state index in [9.17, 15) is 9.90 Å². The van der Waals surface area contributed by atoms with Gasteiger partial charge in [0.1, 0.15) is 5.75 Å². The van der Waals surface area contributed by atoms with E-state index >= 15 is 0 Å². The van der Waals surface area contributed by atoms with Crippen LogP contribution < -0.4 is 4.74 Å². The second-order valence-corrected chi connectivity index (χ2v) is 12.1. The first-order valence-electron chi connectivity index (χ1n) is 13.6. The van der Waals surface area contributed by atoms with Crippen LogP contribution in [0.4, 0.5) is 0 Å². The number of carbonyl (C=O) groups is 1. The highest BCUT2D eigenvalue weighted by molar-refractivity contribution is 6.42. The maximum Gasteiger partial charge on any atom is 0.227 e. The minimum Gasteiger partial charge on any atom is -0.497 e. The van der Waals surface area contributed by atoms with Crippen LogP contribution in [0.15, 0.2) is 55.1 Å². The molecular weight excluding hydrogens is 519 g/mol. The number of halogens is 2. The lowest BCUT2D eigenvalue weighted by Gasteiger charge is -2.56. The third kappa shape index (κ3) is 6.22. The van der Waals surface area contributed by atoms with Crippen molar-refractivity contribution in [2.24, 2.45) is 11.8 Å². The van der Waals surface area contributed by atoms with Gasteiger partial charge in [-0.2, -0.15) is 0 Å². The molecule has 1 N–H and O–H groups in total. The van der Waals surface area contributed by atoms with Crippen LogP contribution in [-0.4, -0.2) is 66.2 Å². The maximum atomic E-state index is 13.8. The van der Waals surface area contributed by atoms with E-state index in [1.807, 2.05) is 29.2 Å². The van der Waals surface area contributed by atoms with Crippen molar-refractivity contribution in [3.05, 3.63) is 76.3 Å². The zero-order valence-electron chi connectivity index (χ0n) is 22.7. The standard InChI is InChI=1S/C31H40Cl2N2O3/c1-5-12-34-13-11-31(23-7-6-8-25(16-23)38-4)18-24(17-29(36)26(31)20-34)35(19-21(2)3)30(37)15-22-9-10-27(32)28(33)14-22/h5-10,14,16,21,24,26,29,36H,1,11-13,15,17-20H2,2-4H3/t24-,26-,29?,31-/m0/s1. The number of methoxy groups -OCH3 is 1. The number of fused-ring (bicyclic) bond motifs is 1. The molecule has 1 heterocycles. The molecule has 1 aliphatic heterocycles. The van der Waals surface area contributed by atoms with Crippen LogP contribution >= 0.6 is 23.2 Å². The monoisotopic (exact) mass is 558 g/mol. The van der Waals surface area contributed by atoms with E-state index in [2.05, 4.69) is 37.5 Å². The summed E-state index contributed by atoms with van der Waals surface area (Å²) in [7, 11) is 1.69. The van der Waals surface area contributed by atoms with Gasteiger partial charge in [-0.25, -0.2) is 0 Å². The minimum atomic E-state index is -0.528. The Morgan fingerprint density at radius 1 is 1.26 bits per heavy atom. The zero-order chi connectivity index (χ0) is 27.4. The molecule has 1 amide bonds. The Balaban J connectivity index is 1.68. The van der Waals surface area contributed by atoms with Gasteiger partial charge in [-0.15, -0.1) is 6.58 Å². The largest absolute Gasteiger partial charge is 0.497 e. The quantitative estimate of drug-likeness (QED) is 0.383. The molecule has 4 atom stereocenters. The van der Waals surface area contributed by atoms with Crippen molar-refractivity contribution in [1.82, 2.24) is 9.80 Å². The van der Waals surface area contributed by atoms with Crippen molar-refractivity contribution in [3.8, 4) is 5.75 Å². The van der Waals surface area contributed by atoms with Crippen LogP contribution in [0.1, 0.15) is 44.2 Å². The summed E-state index contributed by atoms with van der Waals surface area (Å²) >= 11 is 12.3. The molecule has 1 aliphatic carbocycles. The Hall–Kier alpha value is -2.05. The summed E-state index contributed by atoms with van der Waals surface area (Å²) in [6, 6.07) is 13.6. The van der Waals surface area contributed by atoms with Crippen molar-refractivity contribution >= 4 is 29.1 Å². The molecule has 4 rings (SSSR count). The first kappa shape index (κ1) is 28.9. The van der Waals surface area contributed by atoms with E-state index in [0.29, 0.717) is 28.9 Å². The highest BCUT2D eigenvalue weighted by Gasteiger charge is 2.53. The van der Waals surface area contributed by atoms with Gasteiger partial charge < -0.3 is 14.7 Å². The number of ether oxygens (including phenoxy) is 1. The Labute approximate surface area is 237 Å². The first-order valence-corrected chi connectivity index (χ1v) is 14.3. The van der Waals surface area contributed by atoms with Crippen LogP contribution in [0.2, 0.25) is 10.0 Å². The van der Waals surface area contributed by atoms with Crippen molar-refractivity contribution < 1.29 is 14.6 Å². The molecule has 2 aliphatic rings. The highest BCUT2D eigenvalue weighted by atomic mass is 35.5. The number of aliphatic hydroxyl groups excluding tert-OH is 1. The molecule has 2 aromatic carbocycles. The van der Waals surface area contributed by atoms with Crippen LogP contribution in [-0.2, 0) is 16.6 Å². The normalized spacial score (nSPS) is 25.6. The molecule has 206 valence electrons. The second kappa shape index (κ2) is 12.4. The summed E-state index contributed by atoms with van der Waals surface area (Å²) in [6.45, 7) is 11.4. The molecule has 38 heavy (non-hydrogen) atoms. The predicted octanol–water partition coefficient (Wildman–Crippen LogP) is 6.00. The molecule has 5 nitrogen and oxygen atoms in total. The smallest absolute Gasteiger partial charge is 0.227 e. The molecule has 1 saturated carbocycles. The lowest BCUT2D eigenvalue weighted by atomic mass is 9.56. The number of nitrogens with zero attached hydrogens (tertiary/aromatic N) is 2. The summed E-state index contributed by atoms with van der Waals surface area (Å²) in [5.41, 5.74) is 1.77. The molecule has 0 aromatic heterocycles. The molecule has 2 aromatic rings. The lowest BCUT2D eigenvalue weighted by molar-refractivity contribution is -0.138. The molecule has 1 unspecified atom stereocenters. The SMILES string of the molecule is C=CCN1CC[C@@]2(c3cccc(OC)c3)C[C@@H](N(CC(C)C)C(=O)Cc3ccc(Cl)c(Cl)c3)CC(O)[C@@H]2C1. The number of benzene rings is 2. The summed E-state index contributed by atoms with van der Waals surface area (Å²) < 4.78 is 5.59. The fraction of sp³-hybridized carbons (Fsp3) is 0.516. The number of hydrogen-bond acceptors (Lipinski definition) is 4. The van der Waals surface area contributed by atoms with Crippen molar-refractivity contribution in [3.63, 3.8) is 0 Å². The molecule has 0 radical (unpaired) electrons. The second-order valence-electron chi connectivity index (χ2n) is 11.3. The zero-order valence-corrected chi connectivity index (χ0v) is 24.2. The molecular formula is C31H40Cl2N2O3. The van der Waals surface area contributed by atoms with E-state index in [1.54, 1.807) is 19.2 Å². The minimum absolute atomic E-state index is 0.0534. The summed E-state index contributed by atoms with van der Waals surface area (Å²) in [4.78, 5) is 18.2. The number of piperidine rings is 1. The predicted molar refractivity (Wildman–Crippen MR) is 155 cm³/mol. The number of rotatable bonds is 9. The van der Waals surface area contributed by atoms with Crippen molar-refractivity contribution in [2.75, 3.05) is 33.3 Å². The Kier molecular flexibility index (Phi) is 9.46. The van der Waals surface area contributed by atoms with Gasteiger partial charge in [0.15, 0.2) is 0 Å². The van der Waals surface area contributed by atoms with Crippen LogP contribution in [0.5, 0.6) is 5.75 Å². The number of aliphatic hydroxyl groups is 1. The Morgan fingerprint density at radius 3 is 2.74 bits per heavy atom. The van der Waals surface area contributed by atoms with Gasteiger partial charge in [0.05, 0.1) is 29.7 Å². The van der Waals surface area contributed by atoms with E-state index in [1.165, 1.54) is 5.56 Å². The van der Waals surface area contributed by atoms with Gasteiger partial charge in [0.25, 0.3) is 0 Å². The molecule has 7 heteroatoms. The van der Waals surface area contributed by atoms with Gasteiger partial charge >= 0.3 is 0 Å². The van der Waals surface area contributed by atoms with Gasteiger partial charge in [-0.05, 0) is 67.1 Å². The topological polar surface area (TPSA) is 53.0 Å². The lowest BCUT2D eigenvalue weighted by Crippen LogP contribution is -2.61. The summed E-state index contributed by atoms with van der Waals surface area (Å²) in [6.07, 6.45) is 3.94. The average Bonchev–Trinajstić information content (AvgIpc) is 2.89. The Morgan fingerprint density at radius 2 is 2.05 bits per heavy atom. The van der Waals surface area contributed by atoms with E-state index in [-0.39, 0.29) is 29.7 Å². The van der Waals surface area contributed by atoms with Crippen LogP contribution in [0.25, 0.3) is 0 Å². The summed E-state index contributed by atoms with van der Waals surface area (Å²) in [5.74, 6) is 1.23. The van der Waals surface area contributed by atoms with Gasteiger partial charge in [-0.1, -0.05) is 61.3 Å². The van der Waals surface area contributed by atoms with E-state index < -0.39 is 6.10 Å². The Bertz CT molecular complexity index is 1140. The number of likely N-dealkylation sites (tertiary alicyclic amines) is 1. The average molecular weight is 560 g/mol. The molecule has 0 bridgehead atoms. The fourth-order valence-corrected chi connectivity index (χ4v) is 6.87. The highest BCUT2D eigenvalue weighted by Crippen LogP contribution is 2.50. The first-order chi connectivity index (χ1) is 18.2. The molecule has 2 fully saturated rings.